The molecule has 0 saturated carbocycles. The van der Waals surface area contributed by atoms with Gasteiger partial charge in [0, 0.05) is 12.6 Å². The number of hydrogen-bond acceptors (Lipinski definition) is 2. The summed E-state index contributed by atoms with van der Waals surface area (Å²) in [6.45, 7) is 12.3. The minimum Gasteiger partial charge on any atom is -0.312 e. The van der Waals surface area contributed by atoms with Gasteiger partial charge in [-0.2, -0.15) is 0 Å². The molecule has 0 bridgehead atoms. The van der Waals surface area contributed by atoms with E-state index in [0.29, 0.717) is 6.04 Å². The van der Waals surface area contributed by atoms with Crippen LogP contribution in [0, 0.1) is 13.8 Å². The molecular formula is C17H30N2. The third-order valence-corrected chi connectivity index (χ3v) is 3.87. The molecule has 0 aliphatic rings. The number of nitrogens with one attached hydrogen (secondary N) is 1. The molecule has 0 spiro atoms. The van der Waals surface area contributed by atoms with Crippen molar-refractivity contribution in [2.45, 2.75) is 46.6 Å². The number of benzene rings is 1. The van der Waals surface area contributed by atoms with E-state index in [0.717, 1.165) is 13.1 Å². The van der Waals surface area contributed by atoms with Crippen LogP contribution in [0.25, 0.3) is 0 Å². The number of hydrogen-bond donors (Lipinski definition) is 1. The van der Waals surface area contributed by atoms with E-state index in [1.807, 2.05) is 0 Å². The molecule has 0 radical (unpaired) electrons. The molecule has 1 aromatic rings. The third kappa shape index (κ3) is 4.96. The van der Waals surface area contributed by atoms with Crippen molar-refractivity contribution in [3.63, 3.8) is 0 Å². The van der Waals surface area contributed by atoms with Crippen molar-refractivity contribution in [1.29, 1.82) is 0 Å². The lowest BCUT2D eigenvalue weighted by Crippen LogP contribution is -2.34. The highest BCUT2D eigenvalue weighted by Gasteiger charge is 2.15. The van der Waals surface area contributed by atoms with Gasteiger partial charge in [0.05, 0.1) is 0 Å². The molecule has 0 aliphatic carbocycles. The molecule has 1 unspecified atom stereocenters. The molecular weight excluding hydrogens is 232 g/mol. The van der Waals surface area contributed by atoms with E-state index in [-0.39, 0.29) is 0 Å². The maximum atomic E-state index is 3.49. The molecule has 2 heteroatoms. The monoisotopic (exact) mass is 262 g/mol. The zero-order valence-electron chi connectivity index (χ0n) is 13.3. The van der Waals surface area contributed by atoms with Gasteiger partial charge >= 0.3 is 0 Å². The number of nitrogens with zero attached hydrogens (tertiary/aromatic N) is 1. The minimum absolute atomic E-state index is 0.428. The van der Waals surface area contributed by atoms with Crippen molar-refractivity contribution in [2.24, 2.45) is 0 Å². The van der Waals surface area contributed by atoms with E-state index >= 15 is 0 Å². The Morgan fingerprint density at radius 1 is 1.21 bits per heavy atom. The van der Waals surface area contributed by atoms with Crippen molar-refractivity contribution in [3.05, 3.63) is 34.9 Å². The van der Waals surface area contributed by atoms with E-state index in [4.69, 9.17) is 0 Å². The summed E-state index contributed by atoms with van der Waals surface area (Å²) in [5.74, 6) is 0. The Hall–Kier alpha value is -0.860. The number of aryl methyl sites for hydroxylation is 2. The van der Waals surface area contributed by atoms with Gasteiger partial charge in [0.1, 0.15) is 0 Å². The average Bonchev–Trinajstić information content (AvgIpc) is 2.42. The Bertz CT molecular complexity index is 374. The molecule has 0 saturated heterocycles. The van der Waals surface area contributed by atoms with Crippen molar-refractivity contribution in [1.82, 2.24) is 10.2 Å². The first-order valence-electron chi connectivity index (χ1n) is 7.59. The summed E-state index contributed by atoms with van der Waals surface area (Å²) < 4.78 is 0. The van der Waals surface area contributed by atoms with Crippen LogP contribution in [0.15, 0.2) is 18.2 Å². The Kier molecular flexibility index (Phi) is 7.11. The maximum absolute atomic E-state index is 3.49. The van der Waals surface area contributed by atoms with Crippen LogP contribution in [-0.2, 0) is 0 Å². The van der Waals surface area contributed by atoms with Crippen molar-refractivity contribution in [2.75, 3.05) is 26.7 Å². The quantitative estimate of drug-likeness (QED) is 0.768. The lowest BCUT2D eigenvalue weighted by Gasteiger charge is -2.27. The van der Waals surface area contributed by atoms with Gasteiger partial charge in [-0.1, -0.05) is 44.0 Å². The molecule has 1 N–H and O–H groups in total. The van der Waals surface area contributed by atoms with Crippen LogP contribution in [0.3, 0.4) is 0 Å². The standard InChI is InChI=1S/C17H30N2/c1-6-8-11-19(7-2)13-17(18-5)16-12-14(3)9-10-15(16)4/h9-10,12,17-18H,6-8,11,13H2,1-5H3. The number of unbranched alkanes of at least 4 members (excludes halogenated alkanes) is 1. The summed E-state index contributed by atoms with van der Waals surface area (Å²) in [6, 6.07) is 7.18. The second-order valence-corrected chi connectivity index (χ2v) is 5.45. The van der Waals surface area contributed by atoms with Gasteiger partial charge < -0.3 is 10.2 Å². The van der Waals surface area contributed by atoms with Crippen LogP contribution in [-0.4, -0.2) is 31.6 Å². The predicted molar refractivity (Wildman–Crippen MR) is 84.7 cm³/mol. The molecule has 2 nitrogen and oxygen atoms in total. The second kappa shape index (κ2) is 8.34. The number of rotatable bonds is 8. The van der Waals surface area contributed by atoms with Gasteiger partial charge in [0.15, 0.2) is 0 Å². The summed E-state index contributed by atoms with van der Waals surface area (Å²) in [6.07, 6.45) is 2.56. The van der Waals surface area contributed by atoms with Crippen LogP contribution >= 0.6 is 0 Å². The molecule has 0 aromatic heterocycles. The van der Waals surface area contributed by atoms with Gasteiger partial charge in [-0.25, -0.2) is 0 Å². The highest BCUT2D eigenvalue weighted by Crippen LogP contribution is 2.20. The fraction of sp³-hybridized carbons (Fsp3) is 0.647. The van der Waals surface area contributed by atoms with Crippen LogP contribution in [0.1, 0.15) is 49.4 Å². The van der Waals surface area contributed by atoms with Gasteiger partial charge in [0.2, 0.25) is 0 Å². The molecule has 1 aromatic carbocycles. The Morgan fingerprint density at radius 3 is 2.53 bits per heavy atom. The third-order valence-electron chi connectivity index (χ3n) is 3.87. The van der Waals surface area contributed by atoms with E-state index in [1.165, 1.54) is 36.1 Å². The molecule has 0 amide bonds. The van der Waals surface area contributed by atoms with Crippen LogP contribution < -0.4 is 5.32 Å². The number of likely N-dealkylation sites (N-methyl/N-ethyl adjacent to an activating group) is 2. The molecule has 108 valence electrons. The summed E-state index contributed by atoms with van der Waals surface area (Å²) >= 11 is 0. The maximum Gasteiger partial charge on any atom is 0.0449 e. The molecule has 0 fully saturated rings. The van der Waals surface area contributed by atoms with Gasteiger partial charge in [0.25, 0.3) is 0 Å². The van der Waals surface area contributed by atoms with Crippen molar-refractivity contribution >= 4 is 0 Å². The van der Waals surface area contributed by atoms with E-state index < -0.39 is 0 Å². The summed E-state index contributed by atoms with van der Waals surface area (Å²) in [4.78, 5) is 2.55. The second-order valence-electron chi connectivity index (χ2n) is 5.45. The van der Waals surface area contributed by atoms with Crippen molar-refractivity contribution < 1.29 is 0 Å². The molecule has 1 atom stereocenters. The highest BCUT2D eigenvalue weighted by atomic mass is 15.1. The zero-order valence-corrected chi connectivity index (χ0v) is 13.3. The normalized spacial score (nSPS) is 12.9. The van der Waals surface area contributed by atoms with E-state index in [9.17, 15) is 0 Å². The minimum atomic E-state index is 0.428. The largest absolute Gasteiger partial charge is 0.312 e. The molecule has 0 aliphatic heterocycles. The van der Waals surface area contributed by atoms with Gasteiger partial charge in [-0.3, -0.25) is 0 Å². The lowest BCUT2D eigenvalue weighted by molar-refractivity contribution is 0.254. The summed E-state index contributed by atoms with van der Waals surface area (Å²) in [7, 11) is 2.07. The molecule has 19 heavy (non-hydrogen) atoms. The smallest absolute Gasteiger partial charge is 0.0449 e. The summed E-state index contributed by atoms with van der Waals surface area (Å²) in [5, 5.41) is 3.49. The molecule has 0 heterocycles. The summed E-state index contributed by atoms with van der Waals surface area (Å²) in [5.41, 5.74) is 4.17. The lowest BCUT2D eigenvalue weighted by atomic mass is 9.98. The van der Waals surface area contributed by atoms with Gasteiger partial charge in [-0.15, -0.1) is 0 Å². The van der Waals surface area contributed by atoms with Gasteiger partial charge in [-0.05, 0) is 51.5 Å². The fourth-order valence-corrected chi connectivity index (χ4v) is 2.50. The Balaban J connectivity index is 2.78. The first kappa shape index (κ1) is 16.2. The average molecular weight is 262 g/mol. The SMILES string of the molecule is CCCCN(CC)CC(NC)c1cc(C)ccc1C. The first-order valence-corrected chi connectivity index (χ1v) is 7.59. The van der Waals surface area contributed by atoms with E-state index in [2.05, 4.69) is 63.2 Å². The van der Waals surface area contributed by atoms with Crippen LogP contribution in [0.4, 0.5) is 0 Å². The van der Waals surface area contributed by atoms with Crippen molar-refractivity contribution in [3.8, 4) is 0 Å². The van der Waals surface area contributed by atoms with E-state index in [1.54, 1.807) is 0 Å². The first-order chi connectivity index (χ1) is 9.12. The molecule has 1 rings (SSSR count). The predicted octanol–water partition coefficient (Wildman–Crippen LogP) is 3.69. The Labute approximate surface area is 119 Å². The van der Waals surface area contributed by atoms with Crippen LogP contribution in [0.2, 0.25) is 0 Å². The topological polar surface area (TPSA) is 15.3 Å². The fourth-order valence-electron chi connectivity index (χ4n) is 2.50. The zero-order chi connectivity index (χ0) is 14.3. The Morgan fingerprint density at radius 2 is 1.95 bits per heavy atom. The van der Waals surface area contributed by atoms with Crippen LogP contribution in [0.5, 0.6) is 0 Å². The highest BCUT2D eigenvalue weighted by molar-refractivity contribution is 5.33.